The van der Waals surface area contributed by atoms with Crippen LogP contribution < -0.4 is 16.4 Å². The number of carbonyl (C=O) groups is 2. The molecule has 0 saturated heterocycles. The molecule has 4 N–H and O–H groups in total. The van der Waals surface area contributed by atoms with Gasteiger partial charge in [-0.2, -0.15) is 0 Å². The van der Waals surface area contributed by atoms with E-state index in [-0.39, 0.29) is 24.2 Å². The Kier molecular flexibility index (Phi) is 7.11. The molecule has 0 aromatic heterocycles. The van der Waals surface area contributed by atoms with E-state index in [0.717, 1.165) is 5.56 Å². The highest BCUT2D eigenvalue weighted by Gasteiger charge is 2.11. The normalized spacial score (nSPS) is 11.2. The van der Waals surface area contributed by atoms with Crippen molar-refractivity contribution >= 4 is 29.9 Å². The van der Waals surface area contributed by atoms with E-state index in [4.69, 9.17) is 5.73 Å². The third-order valence-electron chi connectivity index (χ3n) is 2.50. The SMILES string of the molecule is CCNC(=O)c1ccc(NC(=O)[C@H](C)N)c(C)c1.Cl. The van der Waals surface area contributed by atoms with Crippen molar-refractivity contribution in [2.24, 2.45) is 5.73 Å². The van der Waals surface area contributed by atoms with Gasteiger partial charge < -0.3 is 16.4 Å². The number of hydrogen-bond donors (Lipinski definition) is 3. The molecule has 0 radical (unpaired) electrons. The molecule has 19 heavy (non-hydrogen) atoms. The molecule has 2 amide bonds. The third-order valence-corrected chi connectivity index (χ3v) is 2.50. The molecule has 1 rings (SSSR count). The highest BCUT2D eigenvalue weighted by Crippen LogP contribution is 2.16. The molecule has 0 aliphatic heterocycles. The highest BCUT2D eigenvalue weighted by molar-refractivity contribution is 5.97. The standard InChI is InChI=1S/C13H19N3O2.ClH/c1-4-15-13(18)10-5-6-11(8(2)7-10)16-12(17)9(3)14;/h5-7,9H,4,14H2,1-3H3,(H,15,18)(H,16,17);1H/t9-;/m0./s1. The first kappa shape index (κ1) is 17.4. The van der Waals surface area contributed by atoms with E-state index >= 15 is 0 Å². The van der Waals surface area contributed by atoms with Crippen LogP contribution in [0.3, 0.4) is 0 Å². The van der Waals surface area contributed by atoms with Crippen LogP contribution >= 0.6 is 12.4 Å². The van der Waals surface area contributed by atoms with Crippen molar-refractivity contribution in [2.75, 3.05) is 11.9 Å². The molecule has 1 atom stereocenters. The molecule has 0 saturated carbocycles. The number of hydrogen-bond acceptors (Lipinski definition) is 3. The van der Waals surface area contributed by atoms with E-state index in [9.17, 15) is 9.59 Å². The van der Waals surface area contributed by atoms with E-state index in [2.05, 4.69) is 10.6 Å². The summed E-state index contributed by atoms with van der Waals surface area (Å²) in [4.78, 5) is 23.1. The van der Waals surface area contributed by atoms with Gasteiger partial charge in [0.15, 0.2) is 0 Å². The van der Waals surface area contributed by atoms with Crippen LogP contribution in [0.2, 0.25) is 0 Å². The molecule has 0 heterocycles. The van der Waals surface area contributed by atoms with Crippen molar-refractivity contribution in [3.63, 3.8) is 0 Å². The summed E-state index contributed by atoms with van der Waals surface area (Å²) < 4.78 is 0. The lowest BCUT2D eigenvalue weighted by Gasteiger charge is -2.11. The number of nitrogens with one attached hydrogen (secondary N) is 2. The van der Waals surface area contributed by atoms with E-state index in [0.29, 0.717) is 17.8 Å². The van der Waals surface area contributed by atoms with Gasteiger partial charge >= 0.3 is 0 Å². The van der Waals surface area contributed by atoms with Crippen LogP contribution in [0.1, 0.15) is 29.8 Å². The highest BCUT2D eigenvalue weighted by atomic mass is 35.5. The fourth-order valence-corrected chi connectivity index (χ4v) is 1.45. The summed E-state index contributed by atoms with van der Waals surface area (Å²) in [6.07, 6.45) is 0. The Morgan fingerprint density at radius 1 is 1.37 bits per heavy atom. The largest absolute Gasteiger partial charge is 0.352 e. The van der Waals surface area contributed by atoms with Gasteiger partial charge in [-0.25, -0.2) is 0 Å². The number of benzene rings is 1. The second-order valence-electron chi connectivity index (χ2n) is 4.17. The maximum Gasteiger partial charge on any atom is 0.251 e. The monoisotopic (exact) mass is 285 g/mol. The topological polar surface area (TPSA) is 84.2 Å². The van der Waals surface area contributed by atoms with Crippen LogP contribution in [0.25, 0.3) is 0 Å². The molecule has 0 aliphatic carbocycles. The van der Waals surface area contributed by atoms with Crippen LogP contribution in [0.5, 0.6) is 0 Å². The molecule has 0 unspecified atom stereocenters. The molecule has 0 bridgehead atoms. The summed E-state index contributed by atoms with van der Waals surface area (Å²) in [6, 6.07) is 4.56. The fourth-order valence-electron chi connectivity index (χ4n) is 1.45. The predicted molar refractivity (Wildman–Crippen MR) is 78.7 cm³/mol. The van der Waals surface area contributed by atoms with Gasteiger partial charge in [0.25, 0.3) is 5.91 Å². The third kappa shape index (κ3) is 4.89. The van der Waals surface area contributed by atoms with Gasteiger partial charge in [0.1, 0.15) is 0 Å². The van der Waals surface area contributed by atoms with E-state index in [1.165, 1.54) is 0 Å². The molecule has 1 aromatic rings. The summed E-state index contributed by atoms with van der Waals surface area (Å²) >= 11 is 0. The number of amides is 2. The van der Waals surface area contributed by atoms with E-state index in [1.54, 1.807) is 25.1 Å². The molecule has 6 heteroatoms. The Morgan fingerprint density at radius 3 is 2.47 bits per heavy atom. The summed E-state index contributed by atoms with van der Waals surface area (Å²) in [7, 11) is 0. The van der Waals surface area contributed by atoms with Crippen LogP contribution in [0.15, 0.2) is 18.2 Å². The maximum absolute atomic E-state index is 11.6. The van der Waals surface area contributed by atoms with Crippen molar-refractivity contribution in [1.29, 1.82) is 0 Å². The van der Waals surface area contributed by atoms with Gasteiger partial charge in [0.05, 0.1) is 6.04 Å². The lowest BCUT2D eigenvalue weighted by Crippen LogP contribution is -2.32. The Balaban J connectivity index is 0.00000324. The van der Waals surface area contributed by atoms with E-state index in [1.807, 2.05) is 13.8 Å². The minimum Gasteiger partial charge on any atom is -0.352 e. The number of rotatable bonds is 4. The molecule has 106 valence electrons. The van der Waals surface area contributed by atoms with Crippen LogP contribution in [-0.4, -0.2) is 24.4 Å². The van der Waals surface area contributed by atoms with Gasteiger partial charge in [-0.3, -0.25) is 9.59 Å². The summed E-state index contributed by atoms with van der Waals surface area (Å²) in [5, 5.41) is 5.43. The molecule has 5 nitrogen and oxygen atoms in total. The van der Waals surface area contributed by atoms with Gasteiger partial charge in [-0.05, 0) is 44.5 Å². The first-order valence-corrected chi connectivity index (χ1v) is 5.91. The van der Waals surface area contributed by atoms with Gasteiger partial charge in [-0.15, -0.1) is 12.4 Å². The molecule has 1 aromatic carbocycles. The number of halogens is 1. The summed E-state index contributed by atoms with van der Waals surface area (Å²) in [5.41, 5.74) is 7.55. The average Bonchev–Trinajstić information content (AvgIpc) is 2.31. The zero-order valence-electron chi connectivity index (χ0n) is 11.3. The first-order valence-electron chi connectivity index (χ1n) is 5.91. The second kappa shape index (κ2) is 7.76. The van der Waals surface area contributed by atoms with Crippen molar-refractivity contribution in [3.8, 4) is 0 Å². The van der Waals surface area contributed by atoms with Crippen molar-refractivity contribution in [3.05, 3.63) is 29.3 Å². The molecular formula is C13H20ClN3O2. The van der Waals surface area contributed by atoms with E-state index < -0.39 is 6.04 Å². The van der Waals surface area contributed by atoms with Crippen molar-refractivity contribution in [2.45, 2.75) is 26.8 Å². The lowest BCUT2D eigenvalue weighted by molar-refractivity contribution is -0.117. The zero-order valence-corrected chi connectivity index (χ0v) is 12.1. The molecular weight excluding hydrogens is 266 g/mol. The van der Waals surface area contributed by atoms with Gasteiger partial charge in [0.2, 0.25) is 5.91 Å². The quantitative estimate of drug-likeness (QED) is 0.783. The number of carbonyl (C=O) groups excluding carboxylic acids is 2. The summed E-state index contributed by atoms with van der Waals surface area (Å²) in [5.74, 6) is -0.366. The lowest BCUT2D eigenvalue weighted by atomic mass is 10.1. The Morgan fingerprint density at radius 2 is 2.00 bits per heavy atom. The minimum atomic E-state index is -0.563. The smallest absolute Gasteiger partial charge is 0.251 e. The molecule has 0 fully saturated rings. The molecule has 0 spiro atoms. The van der Waals surface area contributed by atoms with Gasteiger partial charge in [-0.1, -0.05) is 0 Å². The van der Waals surface area contributed by atoms with Gasteiger partial charge in [0, 0.05) is 17.8 Å². The van der Waals surface area contributed by atoms with Crippen LogP contribution in [0.4, 0.5) is 5.69 Å². The second-order valence-corrected chi connectivity index (χ2v) is 4.17. The maximum atomic E-state index is 11.6. The average molecular weight is 286 g/mol. The number of nitrogens with two attached hydrogens (primary N) is 1. The Hall–Kier alpha value is -1.59. The van der Waals surface area contributed by atoms with Crippen molar-refractivity contribution in [1.82, 2.24) is 5.32 Å². The predicted octanol–water partition coefficient (Wildman–Crippen LogP) is 1.45. The zero-order chi connectivity index (χ0) is 13.7. The Labute approximate surface area is 119 Å². The van der Waals surface area contributed by atoms with Crippen LogP contribution in [0, 0.1) is 6.92 Å². The first-order chi connectivity index (χ1) is 8.45. The van der Waals surface area contributed by atoms with Crippen molar-refractivity contribution < 1.29 is 9.59 Å². The molecule has 0 aliphatic rings. The fraction of sp³-hybridized carbons (Fsp3) is 0.385. The Bertz CT molecular complexity index is 461. The van der Waals surface area contributed by atoms with Crippen LogP contribution in [-0.2, 0) is 4.79 Å². The summed E-state index contributed by atoms with van der Waals surface area (Å²) in [6.45, 7) is 5.90. The minimum absolute atomic E-state index is 0. The number of anilines is 1. The number of aryl methyl sites for hydroxylation is 1.